The number of halogens is 1. The van der Waals surface area contributed by atoms with Gasteiger partial charge < -0.3 is 30.7 Å². The van der Waals surface area contributed by atoms with Crippen LogP contribution in [0.25, 0.3) is 0 Å². The second-order valence-corrected chi connectivity index (χ2v) is 10.1. The number of nitrogens with two attached hydrogens (primary N) is 1. The van der Waals surface area contributed by atoms with Crippen LogP contribution in [0.2, 0.25) is 5.82 Å². The van der Waals surface area contributed by atoms with Gasteiger partial charge in [0.2, 0.25) is 5.13 Å². The molecule has 16 heteroatoms. The van der Waals surface area contributed by atoms with E-state index in [1.165, 1.54) is 4.90 Å². The molecule has 4 amide bonds. The Morgan fingerprint density at radius 1 is 1.31 bits per heavy atom. The lowest BCUT2D eigenvalue weighted by Crippen LogP contribution is -2.58. The second kappa shape index (κ2) is 11.0. The summed E-state index contributed by atoms with van der Waals surface area (Å²) in [4.78, 5) is 68.5. The number of piperazine rings is 1. The molecule has 13 nitrogen and oxygen atoms in total. The predicted molar refractivity (Wildman–Crippen MR) is 136 cm³/mol. The van der Waals surface area contributed by atoms with Crippen molar-refractivity contribution in [2.75, 3.05) is 25.4 Å². The Morgan fingerprint density at radius 2 is 2.03 bits per heavy atom. The predicted octanol–water partition coefficient (Wildman–Crippen LogP) is 0.757. The average Bonchev–Trinajstić information content (AvgIpc) is 3.21. The minimum absolute atomic E-state index is 0.00345. The molecule has 206 valence electrons. The maximum Gasteiger partial charge on any atom is 0.526 e. The van der Waals surface area contributed by atoms with E-state index in [9.17, 15) is 38.5 Å². The first-order valence-corrected chi connectivity index (χ1v) is 12.8. The molecule has 0 radical (unpaired) electrons. The number of ketones is 1. The number of fused-ring (bicyclic) bond motifs is 1. The summed E-state index contributed by atoms with van der Waals surface area (Å²) in [6.07, 6.45) is -0.383. The van der Waals surface area contributed by atoms with Gasteiger partial charge in [-0.2, -0.15) is 4.39 Å². The number of thiazole rings is 1. The molecule has 4 rings (SSSR count). The van der Waals surface area contributed by atoms with Crippen molar-refractivity contribution in [1.82, 2.24) is 20.1 Å². The number of carboxylic acids is 1. The van der Waals surface area contributed by atoms with E-state index in [1.54, 1.807) is 26.0 Å². The highest BCUT2D eigenvalue weighted by atomic mass is 32.1. The van der Waals surface area contributed by atoms with Crippen LogP contribution in [0, 0.1) is 12.1 Å². The van der Waals surface area contributed by atoms with Crippen LogP contribution in [-0.2, 0) is 20.8 Å². The van der Waals surface area contributed by atoms with E-state index >= 15 is 0 Å². The van der Waals surface area contributed by atoms with Crippen molar-refractivity contribution < 1.29 is 43.1 Å². The number of anilines is 1. The summed E-state index contributed by atoms with van der Waals surface area (Å²) in [5, 5.41) is 21.3. The zero-order chi connectivity index (χ0) is 28.6. The van der Waals surface area contributed by atoms with Crippen LogP contribution in [0.3, 0.4) is 0 Å². The highest BCUT2D eigenvalue weighted by molar-refractivity contribution is 7.13. The Bertz CT molecular complexity index is 1370. The lowest BCUT2D eigenvalue weighted by atomic mass is 9.64. The summed E-state index contributed by atoms with van der Waals surface area (Å²) in [6.45, 7) is 3.48. The fourth-order valence-electron chi connectivity index (χ4n) is 4.62. The van der Waals surface area contributed by atoms with Gasteiger partial charge in [-0.25, -0.2) is 14.6 Å². The molecule has 1 aromatic carbocycles. The number of aromatic carboxylic acids is 1. The maximum atomic E-state index is 14.7. The van der Waals surface area contributed by atoms with Gasteiger partial charge in [0, 0.05) is 31.9 Å². The molecule has 39 heavy (non-hydrogen) atoms. The number of nitrogen functional groups attached to an aromatic ring is 1. The zero-order valence-electron chi connectivity index (χ0n) is 21.0. The van der Waals surface area contributed by atoms with Gasteiger partial charge >= 0.3 is 30.9 Å². The molecule has 0 aliphatic carbocycles. The summed E-state index contributed by atoms with van der Waals surface area (Å²) in [7, 11) is -1.58. The molecule has 2 aliphatic rings. The standard InChI is InChI=1S/C23H25BFN5O8S/c1-3-29-6-7-30(20(33)19(29)32)23(36)28-15(16-18(25)39-22(26)27-16)13(31)9-12-8-11-5-4-10(2)14(21(34)35)17(11)38-24(12)37/h4-5,12,15,37H,3,6-9H2,1-2H3,(H2,26,27)(H,28,36)(H,34,35)/t12-,15?/m1/s1. The van der Waals surface area contributed by atoms with Gasteiger partial charge in [0.15, 0.2) is 10.9 Å². The summed E-state index contributed by atoms with van der Waals surface area (Å²) in [6, 6.07) is 0.411. The third-order valence-corrected chi connectivity index (χ3v) is 7.36. The Hall–Kier alpha value is -4.05. The number of hydrogen-bond acceptors (Lipinski definition) is 10. The van der Waals surface area contributed by atoms with Crippen LogP contribution in [0.1, 0.15) is 46.6 Å². The molecular weight excluding hydrogens is 536 g/mol. The molecule has 1 aromatic heterocycles. The van der Waals surface area contributed by atoms with Crippen molar-refractivity contribution in [2.45, 2.75) is 38.5 Å². The van der Waals surface area contributed by atoms with Crippen LogP contribution in [0.5, 0.6) is 5.75 Å². The number of carbonyl (C=O) groups excluding carboxylic acids is 4. The first-order valence-electron chi connectivity index (χ1n) is 12.0. The number of imide groups is 1. The smallest absolute Gasteiger partial charge is 0.526 e. The Balaban J connectivity index is 1.57. The van der Waals surface area contributed by atoms with Crippen LogP contribution in [-0.4, -0.2) is 81.3 Å². The first kappa shape index (κ1) is 28.0. The van der Waals surface area contributed by atoms with Crippen LogP contribution in [0.4, 0.5) is 14.3 Å². The number of aromatic nitrogens is 1. The Kier molecular flexibility index (Phi) is 7.88. The maximum absolute atomic E-state index is 14.7. The lowest BCUT2D eigenvalue weighted by molar-refractivity contribution is -0.153. The van der Waals surface area contributed by atoms with E-state index in [2.05, 4.69) is 10.3 Å². The van der Waals surface area contributed by atoms with Crippen molar-refractivity contribution >= 4 is 53.2 Å². The molecule has 3 heterocycles. The molecule has 2 atom stereocenters. The average molecular weight is 561 g/mol. The van der Waals surface area contributed by atoms with Gasteiger partial charge in [0.25, 0.3) is 0 Å². The number of benzene rings is 1. The largest absolute Gasteiger partial charge is 0.535 e. The number of carboxylic acid groups (broad SMARTS) is 1. The minimum Gasteiger partial charge on any atom is -0.535 e. The number of aryl methyl sites for hydroxylation is 1. The summed E-state index contributed by atoms with van der Waals surface area (Å²) < 4.78 is 20.1. The van der Waals surface area contributed by atoms with Crippen LogP contribution in [0.15, 0.2) is 12.1 Å². The van der Waals surface area contributed by atoms with E-state index in [-0.39, 0.29) is 42.5 Å². The van der Waals surface area contributed by atoms with Gasteiger partial charge in [-0.1, -0.05) is 23.5 Å². The van der Waals surface area contributed by atoms with Crippen LogP contribution >= 0.6 is 11.3 Å². The molecule has 0 saturated carbocycles. The van der Waals surface area contributed by atoms with Crippen molar-refractivity contribution in [1.29, 1.82) is 0 Å². The Morgan fingerprint density at radius 3 is 2.64 bits per heavy atom. The third kappa shape index (κ3) is 5.42. The van der Waals surface area contributed by atoms with E-state index in [0.29, 0.717) is 27.4 Å². The van der Waals surface area contributed by atoms with Gasteiger partial charge in [-0.3, -0.25) is 19.3 Å². The number of Topliss-reactive ketones (excluding diaryl/α,β-unsaturated/α-hetero) is 1. The van der Waals surface area contributed by atoms with Crippen molar-refractivity contribution in [3.63, 3.8) is 0 Å². The summed E-state index contributed by atoms with van der Waals surface area (Å²) >= 11 is 0.450. The zero-order valence-corrected chi connectivity index (χ0v) is 21.8. The molecule has 1 saturated heterocycles. The summed E-state index contributed by atoms with van der Waals surface area (Å²) in [5.74, 6) is -4.89. The normalized spacial score (nSPS) is 17.9. The number of hydrogen-bond donors (Lipinski definition) is 4. The van der Waals surface area contributed by atoms with E-state index < -0.39 is 65.8 Å². The molecule has 1 fully saturated rings. The fraction of sp³-hybridized carbons (Fsp3) is 0.391. The highest BCUT2D eigenvalue weighted by Crippen LogP contribution is 2.38. The number of nitrogens with one attached hydrogen (secondary N) is 1. The quantitative estimate of drug-likeness (QED) is 0.277. The van der Waals surface area contributed by atoms with Crippen LogP contribution < -0.4 is 15.7 Å². The molecule has 5 N–H and O–H groups in total. The highest BCUT2D eigenvalue weighted by Gasteiger charge is 2.42. The minimum atomic E-state index is -1.70. The lowest BCUT2D eigenvalue weighted by Gasteiger charge is -2.33. The SMILES string of the molecule is CCN1CCN(C(=O)NC(C(=O)C[C@H]2Cc3ccc(C)c(C(=O)O)c3OB2O)c2nc(N)sc2F)C(=O)C1=O. The Labute approximate surface area is 225 Å². The van der Waals surface area contributed by atoms with E-state index in [0.717, 1.165) is 0 Å². The second-order valence-electron chi connectivity index (χ2n) is 9.13. The third-order valence-electron chi connectivity index (χ3n) is 6.67. The van der Waals surface area contributed by atoms with E-state index in [4.69, 9.17) is 10.4 Å². The van der Waals surface area contributed by atoms with Crippen molar-refractivity contribution in [3.8, 4) is 5.75 Å². The van der Waals surface area contributed by atoms with Gasteiger partial charge in [-0.05, 0) is 31.4 Å². The monoisotopic (exact) mass is 561 g/mol. The van der Waals surface area contributed by atoms with Gasteiger partial charge in [0.1, 0.15) is 23.0 Å². The molecule has 1 unspecified atom stereocenters. The van der Waals surface area contributed by atoms with Crippen molar-refractivity contribution in [2.24, 2.45) is 0 Å². The van der Waals surface area contributed by atoms with Gasteiger partial charge in [0.05, 0.1) is 0 Å². The van der Waals surface area contributed by atoms with Crippen molar-refractivity contribution in [3.05, 3.63) is 39.6 Å². The first-order chi connectivity index (χ1) is 18.4. The number of rotatable bonds is 7. The molecule has 0 spiro atoms. The number of nitrogens with zero attached hydrogens (tertiary/aromatic N) is 3. The fourth-order valence-corrected chi connectivity index (χ4v) is 5.21. The molecular formula is C23H25BFN5O8S. The topological polar surface area (TPSA) is 192 Å². The summed E-state index contributed by atoms with van der Waals surface area (Å²) in [5.41, 5.74) is 5.88. The number of carbonyl (C=O) groups is 5. The number of amides is 4. The molecule has 2 aromatic rings. The molecule has 0 bridgehead atoms. The van der Waals surface area contributed by atoms with Gasteiger partial charge in [-0.15, -0.1) is 0 Å². The number of likely N-dealkylation sites (N-methyl/N-ethyl adjacent to an activating group) is 1. The number of urea groups is 1. The van der Waals surface area contributed by atoms with E-state index in [1.807, 2.05) is 0 Å². The molecule has 2 aliphatic heterocycles.